The second kappa shape index (κ2) is 2.34. The molecule has 0 aliphatic carbocycles. The molecular weight excluding hydrogens is 160 g/mol. The lowest BCUT2D eigenvalue weighted by Gasteiger charge is -1.97. The van der Waals surface area contributed by atoms with E-state index in [4.69, 9.17) is 4.42 Å². The van der Waals surface area contributed by atoms with E-state index in [9.17, 15) is 9.59 Å². The average Bonchev–Trinajstić information content (AvgIpc) is 2.07. The number of rotatable bonds is 0. The van der Waals surface area contributed by atoms with Crippen LogP contribution in [0.2, 0.25) is 0 Å². The Hall–Kier alpha value is -1.84. The summed E-state index contributed by atoms with van der Waals surface area (Å²) in [6.07, 6.45) is 1.40. The van der Waals surface area contributed by atoms with Gasteiger partial charge in [0.2, 0.25) is 0 Å². The smallest absolute Gasteiger partial charge is 0.384 e. The molecule has 2 aliphatic heterocycles. The fourth-order valence-corrected chi connectivity index (χ4v) is 0.897. The lowest BCUT2D eigenvalue weighted by atomic mass is 10.3. The van der Waals surface area contributed by atoms with Crippen molar-refractivity contribution in [3.05, 3.63) is 45.1 Å². The van der Waals surface area contributed by atoms with Gasteiger partial charge in [0.1, 0.15) is 0 Å². The van der Waals surface area contributed by atoms with E-state index in [2.05, 4.69) is 4.42 Å². The predicted molar refractivity (Wildman–Crippen MR) is 40.1 cm³/mol. The summed E-state index contributed by atoms with van der Waals surface area (Å²) in [6.45, 7) is 0. The first-order chi connectivity index (χ1) is 5.77. The molecule has 0 saturated heterocycles. The zero-order chi connectivity index (χ0) is 8.55. The van der Waals surface area contributed by atoms with E-state index in [0.29, 0.717) is 0 Å². The van der Waals surface area contributed by atoms with Gasteiger partial charge in [-0.05, 0) is 12.1 Å². The van der Waals surface area contributed by atoms with Crippen LogP contribution < -0.4 is 11.1 Å². The highest BCUT2D eigenvalue weighted by molar-refractivity contribution is 5.48. The third-order valence-corrected chi connectivity index (χ3v) is 1.43. The second-order valence-electron chi connectivity index (χ2n) is 2.24. The van der Waals surface area contributed by atoms with Crippen LogP contribution in [0.3, 0.4) is 0 Å². The summed E-state index contributed by atoms with van der Waals surface area (Å²) >= 11 is 0. The summed E-state index contributed by atoms with van der Waals surface area (Å²) in [6, 6.07) is 4.25. The molecule has 0 fully saturated rings. The summed E-state index contributed by atoms with van der Waals surface area (Å²) in [5.74, 6) is 0.559. The van der Waals surface area contributed by atoms with Crippen LogP contribution in [0, 0.1) is 0 Å². The molecule has 12 heavy (non-hydrogen) atoms. The van der Waals surface area contributed by atoms with Crippen molar-refractivity contribution in [3.63, 3.8) is 0 Å². The van der Waals surface area contributed by atoms with E-state index in [1.165, 1.54) is 6.26 Å². The molecule has 0 aromatic rings. The lowest BCUT2D eigenvalue weighted by molar-refractivity contribution is 0.470. The van der Waals surface area contributed by atoms with Crippen LogP contribution in [-0.2, 0) is 0 Å². The molecule has 0 amide bonds. The fourth-order valence-electron chi connectivity index (χ4n) is 0.897. The highest BCUT2D eigenvalue weighted by atomic mass is 16.4. The third-order valence-electron chi connectivity index (χ3n) is 1.43. The van der Waals surface area contributed by atoms with Gasteiger partial charge in [0.05, 0.1) is 6.26 Å². The van der Waals surface area contributed by atoms with Gasteiger partial charge in [-0.1, -0.05) is 0 Å². The molecule has 2 aliphatic rings. The Morgan fingerprint density at radius 1 is 1.17 bits per heavy atom. The SMILES string of the molecule is O=c1cc2occcc-2oc1=O. The Labute approximate surface area is 66.4 Å². The van der Waals surface area contributed by atoms with Crippen LogP contribution in [0.15, 0.2) is 42.9 Å². The largest absolute Gasteiger partial charge is 0.461 e. The molecule has 0 radical (unpaired) electrons. The number of hydrogen-bond acceptors (Lipinski definition) is 4. The molecule has 0 saturated carbocycles. The van der Waals surface area contributed by atoms with Crippen LogP contribution in [0.1, 0.15) is 0 Å². The monoisotopic (exact) mass is 164 g/mol. The first-order valence-electron chi connectivity index (χ1n) is 3.29. The standard InChI is InChI=1S/C8H4O4/c9-5-4-7-6(12-8(5)10)2-1-3-11-7/h1-4H. The Kier molecular flexibility index (Phi) is 1.33. The van der Waals surface area contributed by atoms with Crippen molar-refractivity contribution < 1.29 is 8.83 Å². The number of hydrogen-bond donors (Lipinski definition) is 0. The van der Waals surface area contributed by atoms with Crippen LogP contribution in [0.5, 0.6) is 0 Å². The molecule has 0 aromatic heterocycles. The van der Waals surface area contributed by atoms with Crippen LogP contribution >= 0.6 is 0 Å². The van der Waals surface area contributed by atoms with Crippen molar-refractivity contribution in [1.82, 2.24) is 0 Å². The molecule has 60 valence electrons. The first kappa shape index (κ1) is 6.84. The van der Waals surface area contributed by atoms with Gasteiger partial charge in [-0.3, -0.25) is 4.79 Å². The molecule has 4 nitrogen and oxygen atoms in total. The maximum absolute atomic E-state index is 10.8. The molecule has 0 bridgehead atoms. The van der Waals surface area contributed by atoms with Crippen LogP contribution in [0.25, 0.3) is 11.5 Å². The summed E-state index contributed by atoms with van der Waals surface area (Å²) in [5.41, 5.74) is -1.57. The Bertz CT molecular complexity index is 434. The van der Waals surface area contributed by atoms with Gasteiger partial charge in [-0.15, -0.1) is 0 Å². The normalized spacial score (nSPS) is 10.3. The summed E-state index contributed by atoms with van der Waals surface area (Å²) in [4.78, 5) is 21.5. The molecule has 0 atom stereocenters. The molecular formula is C8H4O4. The van der Waals surface area contributed by atoms with E-state index in [1.807, 2.05) is 0 Å². The topological polar surface area (TPSA) is 60.4 Å². The Balaban J connectivity index is 2.95. The van der Waals surface area contributed by atoms with Crippen LogP contribution in [-0.4, -0.2) is 0 Å². The van der Waals surface area contributed by atoms with Gasteiger partial charge in [-0.25, -0.2) is 4.79 Å². The molecule has 0 aromatic carbocycles. The van der Waals surface area contributed by atoms with E-state index in [-0.39, 0.29) is 11.5 Å². The minimum Gasteiger partial charge on any atom is -0.461 e. The van der Waals surface area contributed by atoms with Crippen molar-refractivity contribution >= 4 is 0 Å². The van der Waals surface area contributed by atoms with E-state index >= 15 is 0 Å². The minimum absolute atomic E-state index is 0.280. The van der Waals surface area contributed by atoms with E-state index in [0.717, 1.165) is 6.07 Å². The molecule has 2 heterocycles. The third kappa shape index (κ3) is 0.934. The minimum atomic E-state index is -0.871. The quantitative estimate of drug-likeness (QED) is 0.537. The zero-order valence-corrected chi connectivity index (χ0v) is 5.94. The maximum atomic E-state index is 10.8. The average molecular weight is 164 g/mol. The summed E-state index contributed by atoms with van der Waals surface area (Å²) in [7, 11) is 0. The van der Waals surface area contributed by atoms with Gasteiger partial charge in [0, 0.05) is 6.07 Å². The van der Waals surface area contributed by atoms with Crippen molar-refractivity contribution in [3.8, 4) is 11.5 Å². The molecule has 2 rings (SSSR count). The molecule has 0 unspecified atom stereocenters. The van der Waals surface area contributed by atoms with Gasteiger partial charge in [0.25, 0.3) is 5.43 Å². The predicted octanol–water partition coefficient (Wildman–Crippen LogP) is 0.698. The van der Waals surface area contributed by atoms with Crippen LogP contribution in [0.4, 0.5) is 0 Å². The number of fused-ring (bicyclic) bond motifs is 1. The maximum Gasteiger partial charge on any atom is 0.384 e. The highest BCUT2D eigenvalue weighted by Gasteiger charge is 2.08. The van der Waals surface area contributed by atoms with Gasteiger partial charge < -0.3 is 8.83 Å². The van der Waals surface area contributed by atoms with Crippen molar-refractivity contribution in [2.24, 2.45) is 0 Å². The van der Waals surface area contributed by atoms with Gasteiger partial charge >= 0.3 is 5.63 Å². The van der Waals surface area contributed by atoms with Crippen molar-refractivity contribution in [2.45, 2.75) is 0 Å². The van der Waals surface area contributed by atoms with E-state index < -0.39 is 11.1 Å². The van der Waals surface area contributed by atoms with Gasteiger partial charge in [0.15, 0.2) is 11.5 Å². The van der Waals surface area contributed by atoms with Crippen molar-refractivity contribution in [1.29, 1.82) is 0 Å². The van der Waals surface area contributed by atoms with E-state index in [1.54, 1.807) is 12.1 Å². The summed E-state index contributed by atoms with van der Waals surface area (Å²) in [5, 5.41) is 0. The molecule has 4 heteroatoms. The Morgan fingerprint density at radius 3 is 2.83 bits per heavy atom. The fraction of sp³-hybridized carbons (Fsp3) is 0. The van der Waals surface area contributed by atoms with Crippen molar-refractivity contribution in [2.75, 3.05) is 0 Å². The molecule has 0 N–H and O–H groups in total. The second-order valence-corrected chi connectivity index (χ2v) is 2.24. The summed E-state index contributed by atoms with van der Waals surface area (Å²) < 4.78 is 9.55. The first-order valence-corrected chi connectivity index (χ1v) is 3.29. The Morgan fingerprint density at radius 2 is 2.00 bits per heavy atom. The zero-order valence-electron chi connectivity index (χ0n) is 5.94. The van der Waals surface area contributed by atoms with Gasteiger partial charge in [-0.2, -0.15) is 0 Å². The highest BCUT2D eigenvalue weighted by Crippen LogP contribution is 2.15. The lowest BCUT2D eigenvalue weighted by Crippen LogP contribution is -2.22. The molecule has 0 spiro atoms.